The van der Waals surface area contributed by atoms with Crippen molar-refractivity contribution in [2.45, 2.75) is 25.8 Å². The first-order chi connectivity index (χ1) is 16.7. The zero-order valence-electron chi connectivity index (χ0n) is 19.5. The molecule has 4 aromatic rings. The van der Waals surface area contributed by atoms with E-state index in [4.69, 9.17) is 4.42 Å². The normalized spacial score (nSPS) is 14.6. The lowest BCUT2D eigenvalue weighted by molar-refractivity contribution is 0.437. The van der Waals surface area contributed by atoms with Crippen LogP contribution in [-0.2, 0) is 0 Å². The van der Waals surface area contributed by atoms with Gasteiger partial charge < -0.3 is 14.6 Å². The molecule has 3 aromatic carbocycles. The maximum Gasteiger partial charge on any atom is 0.338 e. The van der Waals surface area contributed by atoms with Gasteiger partial charge in [-0.3, -0.25) is 0 Å². The van der Waals surface area contributed by atoms with Crippen molar-refractivity contribution in [2.75, 3.05) is 24.5 Å². The Morgan fingerprint density at radius 1 is 0.941 bits per heavy atom. The number of benzene rings is 3. The smallest absolute Gasteiger partial charge is 0.338 e. The van der Waals surface area contributed by atoms with Crippen molar-refractivity contribution in [3.8, 4) is 11.1 Å². The molecule has 2 heterocycles. The van der Waals surface area contributed by atoms with Gasteiger partial charge in [0.2, 0.25) is 0 Å². The van der Waals surface area contributed by atoms with Crippen LogP contribution in [0.3, 0.4) is 0 Å². The second-order valence-corrected chi connectivity index (χ2v) is 8.98. The first kappa shape index (κ1) is 22.2. The molecule has 0 atom stereocenters. The summed E-state index contributed by atoms with van der Waals surface area (Å²) >= 11 is 0. The highest BCUT2D eigenvalue weighted by Crippen LogP contribution is 2.32. The number of hydrogen-bond acceptors (Lipinski definition) is 4. The second kappa shape index (κ2) is 10.1. The number of anilines is 1. The minimum Gasteiger partial charge on any atom is -0.423 e. The Balaban J connectivity index is 1.58. The fourth-order valence-electron chi connectivity index (χ4n) is 4.82. The van der Waals surface area contributed by atoms with Crippen molar-refractivity contribution in [2.24, 2.45) is 0 Å². The van der Waals surface area contributed by atoms with Gasteiger partial charge in [0.25, 0.3) is 0 Å². The van der Waals surface area contributed by atoms with E-state index in [-0.39, 0.29) is 5.63 Å². The minimum atomic E-state index is -0.309. The van der Waals surface area contributed by atoms with Crippen molar-refractivity contribution >= 4 is 22.7 Å². The molecule has 0 radical (unpaired) electrons. The van der Waals surface area contributed by atoms with Crippen molar-refractivity contribution in [3.05, 3.63) is 106 Å². The lowest BCUT2D eigenvalue weighted by Gasteiger charge is -2.36. The van der Waals surface area contributed by atoms with Crippen molar-refractivity contribution < 1.29 is 4.42 Å². The summed E-state index contributed by atoms with van der Waals surface area (Å²) in [5, 5.41) is 4.44. The topological polar surface area (TPSA) is 45.5 Å². The average molecular weight is 451 g/mol. The quantitative estimate of drug-likeness (QED) is 0.364. The standard InChI is InChI=1S/C30H30N2O2/c1-22-7-5-11-24(19-22)25-12-13-29-27(20-25)28(21-30(33)34-29)32(26-14-16-31-17-15-26)18-6-10-23-8-3-2-4-9-23/h2-13,19-21,26,31H,14-18H2,1H3/b10-6+. The van der Waals surface area contributed by atoms with Gasteiger partial charge in [0.1, 0.15) is 5.58 Å². The molecular weight excluding hydrogens is 420 g/mol. The van der Waals surface area contributed by atoms with Gasteiger partial charge in [-0.15, -0.1) is 0 Å². The third-order valence-corrected chi connectivity index (χ3v) is 6.54. The molecule has 1 aliphatic heterocycles. The zero-order chi connectivity index (χ0) is 23.3. The van der Waals surface area contributed by atoms with E-state index >= 15 is 0 Å². The van der Waals surface area contributed by atoms with E-state index in [0.717, 1.165) is 54.7 Å². The predicted molar refractivity (Wildman–Crippen MR) is 141 cm³/mol. The highest BCUT2D eigenvalue weighted by atomic mass is 16.4. The molecule has 0 spiro atoms. The molecule has 0 bridgehead atoms. The van der Waals surface area contributed by atoms with Gasteiger partial charge in [-0.1, -0.05) is 78.4 Å². The molecule has 172 valence electrons. The van der Waals surface area contributed by atoms with Gasteiger partial charge in [-0.05, 0) is 61.7 Å². The highest BCUT2D eigenvalue weighted by Gasteiger charge is 2.23. The summed E-state index contributed by atoms with van der Waals surface area (Å²) in [4.78, 5) is 15.0. The second-order valence-electron chi connectivity index (χ2n) is 8.98. The largest absolute Gasteiger partial charge is 0.423 e. The lowest BCUT2D eigenvalue weighted by atomic mass is 9.99. The van der Waals surface area contributed by atoms with E-state index in [1.165, 1.54) is 11.1 Å². The van der Waals surface area contributed by atoms with Gasteiger partial charge in [-0.2, -0.15) is 0 Å². The summed E-state index contributed by atoms with van der Waals surface area (Å²) in [6, 6.07) is 27.0. The average Bonchev–Trinajstić information content (AvgIpc) is 2.87. The fourth-order valence-corrected chi connectivity index (χ4v) is 4.82. The van der Waals surface area contributed by atoms with Gasteiger partial charge in [0.15, 0.2) is 0 Å². The monoisotopic (exact) mass is 450 g/mol. The maximum atomic E-state index is 12.6. The summed E-state index contributed by atoms with van der Waals surface area (Å²) < 4.78 is 5.62. The molecule has 1 fully saturated rings. The summed E-state index contributed by atoms with van der Waals surface area (Å²) in [6.45, 7) is 4.80. The molecule has 0 saturated carbocycles. The number of piperidine rings is 1. The fraction of sp³-hybridized carbons (Fsp3) is 0.233. The summed E-state index contributed by atoms with van der Waals surface area (Å²) in [5.41, 5.74) is 5.95. The molecule has 1 aliphatic rings. The molecule has 4 nitrogen and oxygen atoms in total. The highest BCUT2D eigenvalue weighted by molar-refractivity contribution is 5.93. The van der Waals surface area contributed by atoms with Crippen LogP contribution in [0.15, 0.2) is 94.2 Å². The third-order valence-electron chi connectivity index (χ3n) is 6.54. The Labute approximate surface area is 200 Å². The molecule has 0 unspecified atom stereocenters. The van der Waals surface area contributed by atoms with Crippen LogP contribution >= 0.6 is 0 Å². The van der Waals surface area contributed by atoms with Crippen LogP contribution in [0.5, 0.6) is 0 Å². The Kier molecular flexibility index (Phi) is 6.59. The molecule has 0 amide bonds. The van der Waals surface area contributed by atoms with Gasteiger partial charge in [-0.25, -0.2) is 4.79 Å². The van der Waals surface area contributed by atoms with Crippen molar-refractivity contribution in [3.63, 3.8) is 0 Å². The molecule has 1 saturated heterocycles. The van der Waals surface area contributed by atoms with E-state index in [1.807, 2.05) is 30.3 Å². The number of nitrogens with zero attached hydrogens (tertiary/aromatic N) is 1. The number of fused-ring (bicyclic) bond motifs is 1. The molecule has 4 heteroatoms. The minimum absolute atomic E-state index is 0.309. The molecular formula is C30H30N2O2. The van der Waals surface area contributed by atoms with Crippen LogP contribution in [-0.4, -0.2) is 25.7 Å². The number of rotatable bonds is 6. The lowest BCUT2D eigenvalue weighted by Crippen LogP contribution is -2.43. The van der Waals surface area contributed by atoms with E-state index in [1.54, 1.807) is 6.07 Å². The number of hydrogen-bond donors (Lipinski definition) is 1. The van der Waals surface area contributed by atoms with Crippen LogP contribution in [0, 0.1) is 6.92 Å². The molecule has 0 aliphatic carbocycles. The van der Waals surface area contributed by atoms with Crippen LogP contribution in [0.4, 0.5) is 5.69 Å². The number of aryl methyl sites for hydroxylation is 1. The van der Waals surface area contributed by atoms with Crippen LogP contribution < -0.4 is 15.8 Å². The van der Waals surface area contributed by atoms with Crippen molar-refractivity contribution in [1.29, 1.82) is 0 Å². The van der Waals surface area contributed by atoms with Crippen LogP contribution in [0.1, 0.15) is 24.0 Å². The zero-order valence-corrected chi connectivity index (χ0v) is 19.5. The Bertz CT molecular complexity index is 1350. The first-order valence-corrected chi connectivity index (χ1v) is 12.0. The van der Waals surface area contributed by atoms with E-state index in [2.05, 4.69) is 71.8 Å². The Morgan fingerprint density at radius 3 is 2.53 bits per heavy atom. The maximum absolute atomic E-state index is 12.6. The van der Waals surface area contributed by atoms with E-state index in [9.17, 15) is 4.79 Å². The number of nitrogens with one attached hydrogen (secondary N) is 1. The molecule has 5 rings (SSSR count). The van der Waals surface area contributed by atoms with Crippen molar-refractivity contribution in [1.82, 2.24) is 5.32 Å². The van der Waals surface area contributed by atoms with E-state index < -0.39 is 0 Å². The SMILES string of the molecule is Cc1cccc(-c2ccc3oc(=O)cc(N(C/C=C/c4ccccc4)C4CCNCC4)c3c2)c1. The molecule has 1 N–H and O–H groups in total. The summed E-state index contributed by atoms with van der Waals surface area (Å²) in [7, 11) is 0. The van der Waals surface area contributed by atoms with Gasteiger partial charge in [0.05, 0.1) is 5.69 Å². The van der Waals surface area contributed by atoms with E-state index in [0.29, 0.717) is 11.6 Å². The summed E-state index contributed by atoms with van der Waals surface area (Å²) in [6.07, 6.45) is 6.43. The Morgan fingerprint density at radius 2 is 1.74 bits per heavy atom. The third kappa shape index (κ3) is 4.97. The van der Waals surface area contributed by atoms with Crippen LogP contribution in [0.25, 0.3) is 28.2 Å². The van der Waals surface area contributed by atoms with Gasteiger partial charge in [0, 0.05) is 24.0 Å². The molecule has 1 aromatic heterocycles. The first-order valence-electron chi connectivity index (χ1n) is 12.0. The molecule has 34 heavy (non-hydrogen) atoms. The van der Waals surface area contributed by atoms with Crippen LogP contribution in [0.2, 0.25) is 0 Å². The van der Waals surface area contributed by atoms with Gasteiger partial charge >= 0.3 is 5.63 Å². The summed E-state index contributed by atoms with van der Waals surface area (Å²) in [5.74, 6) is 0. The Hall–Kier alpha value is -3.63. The predicted octanol–water partition coefficient (Wildman–Crippen LogP) is 6.04.